The monoisotopic (exact) mass is 336 g/mol. The summed E-state index contributed by atoms with van der Waals surface area (Å²) >= 11 is 0. The first-order chi connectivity index (χ1) is 10.5. The van der Waals surface area contributed by atoms with Crippen molar-refractivity contribution in [1.82, 2.24) is 10.2 Å². The zero-order valence-corrected chi connectivity index (χ0v) is 15.3. The fourth-order valence-corrected chi connectivity index (χ4v) is 4.61. The van der Waals surface area contributed by atoms with Gasteiger partial charge in [0.2, 0.25) is 0 Å². The summed E-state index contributed by atoms with van der Waals surface area (Å²) in [5.41, 5.74) is 0. The maximum absolute atomic E-state index is 12.5. The van der Waals surface area contributed by atoms with Crippen molar-refractivity contribution in [3.05, 3.63) is 0 Å². The lowest BCUT2D eigenvalue weighted by atomic mass is 9.98. The van der Waals surface area contributed by atoms with E-state index in [1.54, 1.807) is 0 Å². The second-order valence-electron chi connectivity index (χ2n) is 6.12. The number of aliphatic hydroxyl groups excluding tert-OH is 1. The zero-order valence-electron chi connectivity index (χ0n) is 14.5. The SMILES string of the molecule is CCOP(=O)(CCCN1C[C@@H](CO)NC[C@@H]1C(C)C)OCC. The molecule has 22 heavy (non-hydrogen) atoms. The molecule has 0 aliphatic carbocycles. The van der Waals surface area contributed by atoms with E-state index >= 15 is 0 Å². The van der Waals surface area contributed by atoms with E-state index < -0.39 is 7.60 Å². The summed E-state index contributed by atoms with van der Waals surface area (Å²) in [4.78, 5) is 2.39. The van der Waals surface area contributed by atoms with Gasteiger partial charge in [0.25, 0.3) is 0 Å². The van der Waals surface area contributed by atoms with Crippen molar-refractivity contribution in [2.75, 3.05) is 45.6 Å². The predicted octanol–water partition coefficient (Wildman–Crippen LogP) is 1.93. The van der Waals surface area contributed by atoms with Crippen molar-refractivity contribution in [3.8, 4) is 0 Å². The standard InChI is InChI=1S/C15H33N2O4P/c1-5-20-22(19,21-6-2)9-7-8-17-11-14(12-18)16-10-15(17)13(3)4/h13-16,18H,5-12H2,1-4H3/t14-,15+/m0/s1. The van der Waals surface area contributed by atoms with E-state index in [4.69, 9.17) is 9.05 Å². The number of aliphatic hydroxyl groups is 1. The van der Waals surface area contributed by atoms with E-state index in [-0.39, 0.29) is 12.6 Å². The Bertz CT molecular complexity index is 344. The second-order valence-corrected chi connectivity index (χ2v) is 8.30. The Labute approximate surface area is 135 Å². The maximum Gasteiger partial charge on any atom is 0.330 e. The first-order valence-corrected chi connectivity index (χ1v) is 10.1. The van der Waals surface area contributed by atoms with E-state index in [1.807, 2.05) is 13.8 Å². The molecule has 1 fully saturated rings. The van der Waals surface area contributed by atoms with Crippen molar-refractivity contribution in [2.24, 2.45) is 5.92 Å². The van der Waals surface area contributed by atoms with Crippen molar-refractivity contribution in [1.29, 1.82) is 0 Å². The second kappa shape index (κ2) is 10.0. The van der Waals surface area contributed by atoms with Crippen LogP contribution in [-0.2, 0) is 13.6 Å². The third kappa shape index (κ3) is 6.26. The van der Waals surface area contributed by atoms with Crippen molar-refractivity contribution in [2.45, 2.75) is 46.2 Å². The molecule has 0 spiro atoms. The lowest BCUT2D eigenvalue weighted by Crippen LogP contribution is -2.59. The lowest BCUT2D eigenvalue weighted by Gasteiger charge is -2.42. The molecule has 0 aromatic heterocycles. The molecule has 0 radical (unpaired) electrons. The van der Waals surface area contributed by atoms with Gasteiger partial charge in [0.1, 0.15) is 0 Å². The topological polar surface area (TPSA) is 71.0 Å². The maximum atomic E-state index is 12.5. The van der Waals surface area contributed by atoms with Crippen LogP contribution in [0.3, 0.4) is 0 Å². The number of hydrogen-bond acceptors (Lipinski definition) is 6. The Morgan fingerprint density at radius 1 is 1.32 bits per heavy atom. The van der Waals surface area contributed by atoms with Gasteiger partial charge in [0.05, 0.1) is 26.0 Å². The highest BCUT2D eigenvalue weighted by Crippen LogP contribution is 2.48. The Kier molecular flexibility index (Phi) is 9.14. The number of piperazine rings is 1. The lowest BCUT2D eigenvalue weighted by molar-refractivity contribution is 0.0767. The summed E-state index contributed by atoms with van der Waals surface area (Å²) in [5, 5.41) is 12.7. The first kappa shape index (κ1) is 20.1. The Hall–Kier alpha value is 0.0300. The van der Waals surface area contributed by atoms with Gasteiger partial charge in [-0.3, -0.25) is 9.46 Å². The molecule has 2 N–H and O–H groups in total. The van der Waals surface area contributed by atoms with Gasteiger partial charge in [0, 0.05) is 25.2 Å². The van der Waals surface area contributed by atoms with Crippen molar-refractivity contribution >= 4 is 7.60 Å². The molecule has 132 valence electrons. The van der Waals surface area contributed by atoms with Crippen LogP contribution < -0.4 is 5.32 Å². The van der Waals surface area contributed by atoms with Gasteiger partial charge in [0.15, 0.2) is 0 Å². The highest BCUT2D eigenvalue weighted by atomic mass is 31.2. The molecule has 1 aliphatic rings. The Morgan fingerprint density at radius 3 is 2.45 bits per heavy atom. The minimum absolute atomic E-state index is 0.126. The minimum Gasteiger partial charge on any atom is -0.395 e. The summed E-state index contributed by atoms with van der Waals surface area (Å²) in [5.74, 6) is 0.540. The molecule has 1 saturated heterocycles. The van der Waals surface area contributed by atoms with Gasteiger partial charge in [-0.15, -0.1) is 0 Å². The molecule has 0 amide bonds. The van der Waals surface area contributed by atoms with Crippen LogP contribution in [-0.4, -0.2) is 67.7 Å². The quantitative estimate of drug-likeness (QED) is 0.594. The van der Waals surface area contributed by atoms with E-state index in [1.165, 1.54) is 0 Å². The van der Waals surface area contributed by atoms with Gasteiger partial charge in [-0.1, -0.05) is 13.8 Å². The highest BCUT2D eigenvalue weighted by Gasteiger charge is 2.30. The van der Waals surface area contributed by atoms with Crippen LogP contribution in [0.5, 0.6) is 0 Å². The molecular weight excluding hydrogens is 303 g/mol. The molecule has 0 unspecified atom stereocenters. The summed E-state index contributed by atoms with van der Waals surface area (Å²) in [6.45, 7) is 11.6. The number of rotatable bonds is 10. The molecular formula is C15H33N2O4P. The highest BCUT2D eigenvalue weighted by molar-refractivity contribution is 7.53. The van der Waals surface area contributed by atoms with E-state index in [0.717, 1.165) is 26.1 Å². The van der Waals surface area contributed by atoms with Crippen molar-refractivity contribution < 1.29 is 18.7 Å². The molecule has 6 nitrogen and oxygen atoms in total. The van der Waals surface area contributed by atoms with Gasteiger partial charge in [-0.25, -0.2) is 0 Å². The molecule has 1 rings (SSSR count). The van der Waals surface area contributed by atoms with Crippen LogP contribution in [0.4, 0.5) is 0 Å². The number of nitrogens with zero attached hydrogens (tertiary/aromatic N) is 1. The van der Waals surface area contributed by atoms with Gasteiger partial charge in [-0.05, 0) is 32.7 Å². The minimum atomic E-state index is -2.94. The zero-order chi connectivity index (χ0) is 16.6. The van der Waals surface area contributed by atoms with Crippen LogP contribution in [0.1, 0.15) is 34.1 Å². The van der Waals surface area contributed by atoms with Gasteiger partial charge < -0.3 is 19.5 Å². The molecule has 1 heterocycles. The summed E-state index contributed by atoms with van der Waals surface area (Å²) < 4.78 is 23.2. The molecule has 0 bridgehead atoms. The molecule has 7 heteroatoms. The van der Waals surface area contributed by atoms with E-state index in [0.29, 0.717) is 31.3 Å². The average Bonchev–Trinajstić information content (AvgIpc) is 2.47. The number of nitrogens with one attached hydrogen (secondary N) is 1. The third-order valence-corrected chi connectivity index (χ3v) is 6.23. The fourth-order valence-electron chi connectivity index (χ4n) is 2.96. The average molecular weight is 336 g/mol. The number of hydrogen-bond donors (Lipinski definition) is 2. The molecule has 0 saturated carbocycles. The van der Waals surface area contributed by atoms with E-state index in [2.05, 4.69) is 24.1 Å². The molecule has 1 aliphatic heterocycles. The Morgan fingerprint density at radius 2 is 1.95 bits per heavy atom. The molecule has 2 atom stereocenters. The van der Waals surface area contributed by atoms with Crippen LogP contribution in [0, 0.1) is 5.92 Å². The molecule has 0 aromatic carbocycles. The third-order valence-electron chi connectivity index (χ3n) is 4.06. The van der Waals surface area contributed by atoms with E-state index in [9.17, 15) is 9.67 Å². The largest absolute Gasteiger partial charge is 0.395 e. The van der Waals surface area contributed by atoms with Crippen LogP contribution in [0.2, 0.25) is 0 Å². The molecule has 0 aromatic rings. The van der Waals surface area contributed by atoms with Crippen molar-refractivity contribution in [3.63, 3.8) is 0 Å². The van der Waals surface area contributed by atoms with Crippen LogP contribution in [0.15, 0.2) is 0 Å². The predicted molar refractivity (Wildman–Crippen MR) is 89.4 cm³/mol. The van der Waals surface area contributed by atoms with Gasteiger partial charge >= 0.3 is 7.60 Å². The van der Waals surface area contributed by atoms with Crippen LogP contribution >= 0.6 is 7.60 Å². The summed E-state index contributed by atoms with van der Waals surface area (Å²) in [7, 11) is -2.94. The normalized spacial score (nSPS) is 24.1. The summed E-state index contributed by atoms with van der Waals surface area (Å²) in [6, 6.07) is 0.571. The fraction of sp³-hybridized carbons (Fsp3) is 1.00. The van der Waals surface area contributed by atoms with Crippen LogP contribution in [0.25, 0.3) is 0 Å². The smallest absolute Gasteiger partial charge is 0.330 e. The van der Waals surface area contributed by atoms with Gasteiger partial charge in [-0.2, -0.15) is 0 Å². The first-order valence-electron chi connectivity index (χ1n) is 8.42. The Balaban J connectivity index is 2.53. The summed E-state index contributed by atoms with van der Waals surface area (Å²) in [6.07, 6.45) is 1.23.